The Labute approximate surface area is 121 Å². The van der Waals surface area contributed by atoms with Crippen molar-refractivity contribution in [2.45, 2.75) is 13.1 Å². The first-order valence-corrected chi connectivity index (χ1v) is 6.92. The zero-order valence-electron chi connectivity index (χ0n) is 10.8. The van der Waals surface area contributed by atoms with Gasteiger partial charge in [0, 0.05) is 41.3 Å². The average Bonchev–Trinajstić information content (AvgIpc) is 2.39. The van der Waals surface area contributed by atoms with Crippen LogP contribution in [0.4, 0.5) is 5.69 Å². The standard InChI is InChI=1S/C15H14BrN3/c1-10-6-13(16)7-12-9-18-15(19(2)14(10)12)11-4-3-5-17-8-11/h3-9,15H,1-2H3. The van der Waals surface area contributed by atoms with Gasteiger partial charge in [0.25, 0.3) is 0 Å². The Bertz CT molecular complexity index is 637. The predicted molar refractivity (Wildman–Crippen MR) is 81.9 cm³/mol. The van der Waals surface area contributed by atoms with Gasteiger partial charge in [-0.1, -0.05) is 22.0 Å². The highest BCUT2D eigenvalue weighted by Crippen LogP contribution is 2.36. The molecule has 0 bridgehead atoms. The molecule has 4 heteroatoms. The third-order valence-electron chi connectivity index (χ3n) is 3.35. The minimum atomic E-state index is 0.000996. The first kappa shape index (κ1) is 12.4. The van der Waals surface area contributed by atoms with Gasteiger partial charge in [-0.05, 0) is 30.7 Å². The number of hydrogen-bond donors (Lipinski definition) is 0. The summed E-state index contributed by atoms with van der Waals surface area (Å²) in [4.78, 5) is 11.0. The maximum Gasteiger partial charge on any atom is 0.148 e. The number of aryl methyl sites for hydroxylation is 1. The highest BCUT2D eigenvalue weighted by Gasteiger charge is 2.23. The molecule has 3 nitrogen and oxygen atoms in total. The third kappa shape index (κ3) is 2.16. The van der Waals surface area contributed by atoms with Gasteiger partial charge < -0.3 is 4.90 Å². The molecule has 0 radical (unpaired) electrons. The third-order valence-corrected chi connectivity index (χ3v) is 3.81. The van der Waals surface area contributed by atoms with Crippen LogP contribution in [0.3, 0.4) is 0 Å². The average molecular weight is 316 g/mol. The van der Waals surface area contributed by atoms with Gasteiger partial charge in [0.1, 0.15) is 6.17 Å². The number of nitrogens with zero attached hydrogens (tertiary/aromatic N) is 3. The fourth-order valence-electron chi connectivity index (χ4n) is 2.55. The van der Waals surface area contributed by atoms with E-state index in [1.165, 1.54) is 11.3 Å². The summed E-state index contributed by atoms with van der Waals surface area (Å²) < 4.78 is 1.09. The molecule has 0 saturated heterocycles. The molecule has 3 rings (SSSR count). The van der Waals surface area contributed by atoms with Crippen molar-refractivity contribution >= 4 is 27.8 Å². The highest BCUT2D eigenvalue weighted by atomic mass is 79.9. The molecular weight excluding hydrogens is 302 g/mol. The topological polar surface area (TPSA) is 28.5 Å². The Hall–Kier alpha value is -1.68. The Morgan fingerprint density at radius 1 is 1.32 bits per heavy atom. The largest absolute Gasteiger partial charge is 0.348 e. The van der Waals surface area contributed by atoms with Crippen LogP contribution in [0.1, 0.15) is 22.9 Å². The van der Waals surface area contributed by atoms with Crippen LogP contribution in [0.15, 0.2) is 46.1 Å². The minimum Gasteiger partial charge on any atom is -0.348 e. The lowest BCUT2D eigenvalue weighted by atomic mass is 10.0. The number of fused-ring (bicyclic) bond motifs is 1. The number of aliphatic imine (C=N–C) groups is 1. The van der Waals surface area contributed by atoms with Gasteiger partial charge in [0.2, 0.25) is 0 Å². The lowest BCUT2D eigenvalue weighted by Crippen LogP contribution is -2.27. The van der Waals surface area contributed by atoms with Gasteiger partial charge in [-0.2, -0.15) is 0 Å². The molecule has 1 aliphatic rings. The van der Waals surface area contributed by atoms with Crippen LogP contribution >= 0.6 is 15.9 Å². The van der Waals surface area contributed by atoms with Crippen molar-refractivity contribution in [2.75, 3.05) is 11.9 Å². The summed E-state index contributed by atoms with van der Waals surface area (Å²) >= 11 is 3.53. The molecule has 1 unspecified atom stereocenters. The van der Waals surface area contributed by atoms with E-state index in [1.807, 2.05) is 18.5 Å². The Morgan fingerprint density at radius 2 is 2.16 bits per heavy atom. The summed E-state index contributed by atoms with van der Waals surface area (Å²) in [5.41, 5.74) is 4.72. The number of hydrogen-bond acceptors (Lipinski definition) is 3. The first-order valence-electron chi connectivity index (χ1n) is 6.13. The molecule has 2 aromatic rings. The van der Waals surface area contributed by atoms with E-state index in [2.05, 4.69) is 63.0 Å². The molecule has 0 saturated carbocycles. The van der Waals surface area contributed by atoms with E-state index in [0.717, 1.165) is 15.6 Å². The summed E-state index contributed by atoms with van der Waals surface area (Å²) in [6, 6.07) is 8.24. The molecule has 0 amide bonds. The summed E-state index contributed by atoms with van der Waals surface area (Å²) in [6.07, 6.45) is 5.61. The number of pyridine rings is 1. The second kappa shape index (κ2) is 4.78. The van der Waals surface area contributed by atoms with Crippen molar-refractivity contribution in [2.24, 2.45) is 4.99 Å². The summed E-state index contributed by atoms with van der Waals surface area (Å²) in [5, 5.41) is 0. The molecule has 1 atom stereocenters. The van der Waals surface area contributed by atoms with Crippen LogP contribution in [-0.2, 0) is 0 Å². The molecule has 2 heterocycles. The molecule has 0 fully saturated rings. The van der Waals surface area contributed by atoms with E-state index in [-0.39, 0.29) is 6.17 Å². The van der Waals surface area contributed by atoms with Crippen molar-refractivity contribution in [3.8, 4) is 0 Å². The maximum absolute atomic E-state index is 4.64. The lowest BCUT2D eigenvalue weighted by Gasteiger charge is -2.33. The second-order valence-electron chi connectivity index (χ2n) is 4.71. The normalized spacial score (nSPS) is 17.4. The van der Waals surface area contributed by atoms with E-state index in [9.17, 15) is 0 Å². The molecule has 1 aliphatic heterocycles. The van der Waals surface area contributed by atoms with E-state index >= 15 is 0 Å². The van der Waals surface area contributed by atoms with Crippen molar-refractivity contribution in [3.63, 3.8) is 0 Å². The van der Waals surface area contributed by atoms with Crippen LogP contribution in [0.2, 0.25) is 0 Å². The van der Waals surface area contributed by atoms with Gasteiger partial charge in [0.05, 0.1) is 5.69 Å². The Kier molecular flexibility index (Phi) is 3.11. The Morgan fingerprint density at radius 3 is 2.89 bits per heavy atom. The summed E-state index contributed by atoms with van der Waals surface area (Å²) in [7, 11) is 2.08. The van der Waals surface area contributed by atoms with Crippen LogP contribution in [0.5, 0.6) is 0 Å². The van der Waals surface area contributed by atoms with Crippen LogP contribution in [0, 0.1) is 6.92 Å². The SMILES string of the molecule is Cc1cc(Br)cc2c1N(C)C(c1cccnc1)N=C2. The minimum absolute atomic E-state index is 0.000996. The molecule has 1 aromatic heterocycles. The fourth-order valence-corrected chi connectivity index (χ4v) is 3.14. The van der Waals surface area contributed by atoms with Crippen molar-refractivity contribution in [1.82, 2.24) is 4.98 Å². The van der Waals surface area contributed by atoms with Crippen LogP contribution in [0.25, 0.3) is 0 Å². The number of aromatic nitrogens is 1. The van der Waals surface area contributed by atoms with Crippen LogP contribution in [-0.4, -0.2) is 18.2 Å². The number of anilines is 1. The number of rotatable bonds is 1. The van der Waals surface area contributed by atoms with Crippen molar-refractivity contribution in [3.05, 3.63) is 57.8 Å². The second-order valence-corrected chi connectivity index (χ2v) is 5.63. The van der Waals surface area contributed by atoms with Crippen molar-refractivity contribution in [1.29, 1.82) is 0 Å². The van der Waals surface area contributed by atoms with Gasteiger partial charge >= 0.3 is 0 Å². The summed E-state index contributed by atoms with van der Waals surface area (Å²) in [6.45, 7) is 2.12. The van der Waals surface area contributed by atoms with Gasteiger partial charge in [-0.25, -0.2) is 0 Å². The van der Waals surface area contributed by atoms with Gasteiger partial charge in [-0.3, -0.25) is 9.98 Å². The first-order chi connectivity index (χ1) is 9.16. The molecule has 0 spiro atoms. The molecule has 19 heavy (non-hydrogen) atoms. The van der Waals surface area contributed by atoms with E-state index in [1.54, 1.807) is 6.20 Å². The van der Waals surface area contributed by atoms with E-state index < -0.39 is 0 Å². The predicted octanol–water partition coefficient (Wildman–Crippen LogP) is 3.72. The molecule has 0 aliphatic carbocycles. The maximum atomic E-state index is 4.64. The van der Waals surface area contributed by atoms with Crippen LogP contribution < -0.4 is 4.90 Å². The smallest absolute Gasteiger partial charge is 0.148 e. The zero-order valence-corrected chi connectivity index (χ0v) is 12.4. The number of halogens is 1. The van der Waals surface area contributed by atoms with Gasteiger partial charge in [-0.15, -0.1) is 0 Å². The fraction of sp³-hybridized carbons (Fsp3) is 0.200. The quantitative estimate of drug-likeness (QED) is 0.802. The number of benzene rings is 1. The molecule has 96 valence electrons. The van der Waals surface area contributed by atoms with E-state index in [0.29, 0.717) is 0 Å². The van der Waals surface area contributed by atoms with E-state index in [4.69, 9.17) is 0 Å². The molecular formula is C15H14BrN3. The highest BCUT2D eigenvalue weighted by molar-refractivity contribution is 9.10. The molecule has 0 N–H and O–H groups in total. The zero-order chi connectivity index (χ0) is 13.4. The van der Waals surface area contributed by atoms with Crippen molar-refractivity contribution < 1.29 is 0 Å². The van der Waals surface area contributed by atoms with Gasteiger partial charge in [0.15, 0.2) is 0 Å². The lowest BCUT2D eigenvalue weighted by molar-refractivity contribution is 0.697. The Balaban J connectivity index is 2.08. The monoisotopic (exact) mass is 315 g/mol. The summed E-state index contributed by atoms with van der Waals surface area (Å²) in [5.74, 6) is 0. The molecule has 1 aromatic carbocycles.